The lowest BCUT2D eigenvalue weighted by Crippen LogP contribution is -2.55. The van der Waals surface area contributed by atoms with Crippen LogP contribution in [0.15, 0.2) is 33.5 Å². The third-order valence-electron chi connectivity index (χ3n) is 10.4. The van der Waals surface area contributed by atoms with Crippen molar-refractivity contribution < 1.29 is 63.7 Å². The fourth-order valence-electron chi connectivity index (χ4n) is 7.17. The number of carboxylic acids is 1. The summed E-state index contributed by atoms with van der Waals surface area (Å²) in [4.78, 5) is 55.8. The smallest absolute Gasteiger partial charge is 0.336 e. The molecule has 274 valence electrons. The summed E-state index contributed by atoms with van der Waals surface area (Å²) in [7, 11) is 3.66. The first-order valence-electron chi connectivity index (χ1n) is 16.6. The van der Waals surface area contributed by atoms with Crippen LogP contribution in [0.2, 0.25) is 0 Å². The van der Waals surface area contributed by atoms with E-state index in [-0.39, 0.29) is 35.6 Å². The molecular weight excluding hydrogens is 670 g/mol. The van der Waals surface area contributed by atoms with Gasteiger partial charge in [0.25, 0.3) is 0 Å². The molecule has 0 radical (unpaired) electrons. The Hall–Kier alpha value is -4.06. The van der Waals surface area contributed by atoms with E-state index in [1.165, 1.54) is 19.1 Å². The number of aliphatic hydroxyl groups excluding tert-OH is 3. The number of benzene rings is 2. The van der Waals surface area contributed by atoms with Crippen LogP contribution in [0.4, 0.5) is 0 Å². The van der Waals surface area contributed by atoms with Crippen LogP contribution in [-0.4, -0.2) is 116 Å². The van der Waals surface area contributed by atoms with Gasteiger partial charge in [0.1, 0.15) is 29.3 Å². The normalized spacial score (nSPS) is 29.8. The summed E-state index contributed by atoms with van der Waals surface area (Å²) in [5.74, 6) is -4.35. The van der Waals surface area contributed by atoms with Crippen molar-refractivity contribution in [3.05, 3.63) is 73.6 Å². The van der Waals surface area contributed by atoms with Gasteiger partial charge >= 0.3 is 5.97 Å². The van der Waals surface area contributed by atoms with E-state index >= 15 is 0 Å². The molecule has 2 saturated heterocycles. The van der Waals surface area contributed by atoms with E-state index < -0.39 is 117 Å². The summed E-state index contributed by atoms with van der Waals surface area (Å²) in [6, 6.07) is 4.20. The number of ether oxygens (including phenoxy) is 3. The Labute approximate surface area is 291 Å². The molecular formula is C36H41NO14. The minimum Gasteiger partial charge on any atom is -0.507 e. The van der Waals surface area contributed by atoms with Crippen LogP contribution in [0.25, 0.3) is 11.0 Å². The largest absolute Gasteiger partial charge is 0.507 e. The number of aromatic hydroxyl groups is 1. The molecule has 3 aliphatic rings. The second-order valence-corrected chi connectivity index (χ2v) is 14.0. The molecule has 15 heteroatoms. The van der Waals surface area contributed by atoms with Crippen LogP contribution in [0, 0.1) is 0 Å². The standard InChI is InChI=1S/C36H41NO14/c1-13-29(41)22(40)12-25(49-13)51-33-14(2)48-23(10-20(33)37(5)6)16-7-8-17-27(31(16)43)32(44)28-18(30(17)42)9-19(35(45)46)26-21(39)11-24(50-34(26)28)36(4,47)15(3)38/h7-9,11,13-15,20,22-23,25,29,33,38,40-41,43,47H,10,12H2,1-6H3,(H,45,46)/t13-,14-,15?,20-,22-,23+,25?,29+,33+,36?/m1/s1. The average Bonchev–Trinajstić information content (AvgIpc) is 3.05. The van der Waals surface area contributed by atoms with Crippen LogP contribution in [0.3, 0.4) is 0 Å². The topological polar surface area (TPSA) is 234 Å². The van der Waals surface area contributed by atoms with Gasteiger partial charge in [-0.05, 0) is 60.3 Å². The minimum atomic E-state index is -2.14. The van der Waals surface area contributed by atoms with Gasteiger partial charge in [-0.3, -0.25) is 14.4 Å². The number of likely N-dealkylation sites (N-methyl/N-ethyl adjacent to an activating group) is 1. The van der Waals surface area contributed by atoms with Crippen LogP contribution in [0.5, 0.6) is 5.75 Å². The molecule has 3 unspecified atom stereocenters. The molecule has 6 rings (SSSR count). The minimum absolute atomic E-state index is 0.0440. The van der Waals surface area contributed by atoms with Crippen molar-refractivity contribution in [3.63, 3.8) is 0 Å². The highest BCUT2D eigenvalue weighted by Crippen LogP contribution is 2.44. The molecule has 2 aliphatic heterocycles. The fourth-order valence-corrected chi connectivity index (χ4v) is 7.17. The number of phenolic OH excluding ortho intramolecular Hbond substituents is 1. The van der Waals surface area contributed by atoms with Crippen molar-refractivity contribution in [1.29, 1.82) is 0 Å². The number of rotatable bonds is 7. The van der Waals surface area contributed by atoms with Crippen LogP contribution in [0.1, 0.15) is 100 Å². The van der Waals surface area contributed by atoms with Gasteiger partial charge in [-0.25, -0.2) is 4.79 Å². The molecule has 0 spiro atoms. The summed E-state index contributed by atoms with van der Waals surface area (Å²) in [6.45, 7) is 5.79. The first-order valence-corrected chi connectivity index (χ1v) is 16.6. The van der Waals surface area contributed by atoms with E-state index in [0.717, 1.165) is 19.1 Å². The monoisotopic (exact) mass is 711 g/mol. The Kier molecular flexibility index (Phi) is 9.48. The van der Waals surface area contributed by atoms with Crippen LogP contribution < -0.4 is 5.43 Å². The molecule has 2 fully saturated rings. The number of ketones is 2. The Morgan fingerprint density at radius 2 is 1.69 bits per heavy atom. The summed E-state index contributed by atoms with van der Waals surface area (Å²) in [5.41, 5.74) is -5.57. The molecule has 15 nitrogen and oxygen atoms in total. The lowest BCUT2D eigenvalue weighted by atomic mass is 9.79. The van der Waals surface area contributed by atoms with Crippen molar-refractivity contribution in [2.45, 2.75) is 101 Å². The van der Waals surface area contributed by atoms with Gasteiger partial charge in [0.2, 0.25) is 5.78 Å². The van der Waals surface area contributed by atoms with Gasteiger partial charge in [0.15, 0.2) is 23.1 Å². The van der Waals surface area contributed by atoms with Crippen molar-refractivity contribution in [1.82, 2.24) is 4.90 Å². The Morgan fingerprint density at radius 3 is 2.29 bits per heavy atom. The molecule has 6 N–H and O–H groups in total. The molecule has 3 heterocycles. The molecule has 51 heavy (non-hydrogen) atoms. The zero-order chi connectivity index (χ0) is 37.4. The third kappa shape index (κ3) is 6.06. The zero-order valence-electron chi connectivity index (χ0n) is 28.8. The van der Waals surface area contributed by atoms with Crippen molar-refractivity contribution in [2.24, 2.45) is 0 Å². The molecule has 0 amide bonds. The van der Waals surface area contributed by atoms with Gasteiger partial charge in [-0.15, -0.1) is 0 Å². The third-order valence-corrected chi connectivity index (χ3v) is 10.4. The first kappa shape index (κ1) is 36.7. The number of carbonyl (C=O) groups is 3. The Bertz CT molecular complexity index is 1970. The van der Waals surface area contributed by atoms with E-state index in [4.69, 9.17) is 18.6 Å². The molecule has 0 bridgehead atoms. The Morgan fingerprint density at radius 1 is 1.00 bits per heavy atom. The summed E-state index contributed by atoms with van der Waals surface area (Å²) in [6.07, 6.45) is -6.75. The van der Waals surface area contributed by atoms with Crippen LogP contribution in [-0.2, 0) is 19.8 Å². The summed E-state index contributed by atoms with van der Waals surface area (Å²) in [5, 5.41) is 62.6. The molecule has 1 aliphatic carbocycles. The number of carboxylic acid groups (broad SMARTS) is 1. The molecule has 1 aromatic heterocycles. The van der Waals surface area contributed by atoms with Gasteiger partial charge in [-0.1, -0.05) is 6.07 Å². The summed E-state index contributed by atoms with van der Waals surface area (Å²) < 4.78 is 24.2. The zero-order valence-corrected chi connectivity index (χ0v) is 28.8. The number of phenols is 1. The predicted octanol–water partition coefficient (Wildman–Crippen LogP) is 1.58. The average molecular weight is 712 g/mol. The van der Waals surface area contributed by atoms with Gasteiger partial charge in [-0.2, -0.15) is 0 Å². The van der Waals surface area contributed by atoms with Gasteiger partial charge in [0.05, 0.1) is 52.6 Å². The van der Waals surface area contributed by atoms with Gasteiger partial charge < -0.3 is 54.2 Å². The lowest BCUT2D eigenvalue weighted by molar-refractivity contribution is -0.287. The van der Waals surface area contributed by atoms with Gasteiger partial charge in [0, 0.05) is 35.2 Å². The van der Waals surface area contributed by atoms with Crippen molar-refractivity contribution >= 4 is 28.5 Å². The molecule has 3 aromatic rings. The van der Waals surface area contributed by atoms with E-state index in [0.29, 0.717) is 0 Å². The van der Waals surface area contributed by atoms with E-state index in [1.54, 1.807) is 13.8 Å². The number of aromatic carboxylic acids is 1. The highest BCUT2D eigenvalue weighted by Gasteiger charge is 2.45. The number of carbonyl (C=O) groups excluding carboxylic acids is 2. The van der Waals surface area contributed by atoms with E-state index in [1.807, 2.05) is 19.0 Å². The quantitative estimate of drug-likeness (QED) is 0.160. The predicted molar refractivity (Wildman–Crippen MR) is 177 cm³/mol. The number of fused-ring (bicyclic) bond motifs is 4. The maximum atomic E-state index is 14.3. The highest BCUT2D eigenvalue weighted by molar-refractivity contribution is 6.33. The summed E-state index contributed by atoms with van der Waals surface area (Å²) >= 11 is 0. The number of hydrogen-bond donors (Lipinski definition) is 6. The van der Waals surface area contributed by atoms with E-state index in [2.05, 4.69) is 0 Å². The van der Waals surface area contributed by atoms with E-state index in [9.17, 15) is 49.8 Å². The molecule has 2 aromatic carbocycles. The SMILES string of the molecule is CC(O)C(C)(O)c1cc(=O)c2c(C(=O)O)cc3c(c2o1)C(=O)c1c(ccc([C@@H]2C[C@@H](N(C)C)[C@@H](OC4C[C@@H](O)[C@@H](O)[C@@H](C)O4)[C@@H](C)O2)c1O)C3=O. The van der Waals surface area contributed by atoms with Crippen LogP contribution >= 0.6 is 0 Å². The number of hydrogen-bond acceptors (Lipinski definition) is 14. The molecule has 10 atom stereocenters. The maximum Gasteiger partial charge on any atom is 0.336 e. The second kappa shape index (κ2) is 13.2. The van der Waals surface area contributed by atoms with Crippen molar-refractivity contribution in [3.8, 4) is 5.75 Å². The maximum absolute atomic E-state index is 14.3. The number of aliphatic hydroxyl groups is 4. The Balaban J connectivity index is 1.41. The van der Waals surface area contributed by atoms with Crippen molar-refractivity contribution in [2.75, 3.05) is 14.1 Å². The lowest BCUT2D eigenvalue weighted by Gasteiger charge is -2.46. The fraction of sp³-hybridized carbons (Fsp3) is 0.500. The number of nitrogens with zero attached hydrogens (tertiary/aromatic N) is 1. The highest BCUT2D eigenvalue weighted by atomic mass is 16.7. The first-order chi connectivity index (χ1) is 23.8. The second-order valence-electron chi connectivity index (χ2n) is 14.0. The molecule has 0 saturated carbocycles.